The normalized spacial score (nSPS) is 37.5. The van der Waals surface area contributed by atoms with Gasteiger partial charge in [0.15, 0.2) is 0 Å². The number of Topliss-reactive ketones (excluding diaryl/α,β-unsaturated/α-hetero) is 1. The van der Waals surface area contributed by atoms with Crippen molar-refractivity contribution in [1.29, 1.82) is 0 Å². The third-order valence-corrected chi connectivity index (χ3v) is 7.64. The fourth-order valence-corrected chi connectivity index (χ4v) is 6.72. The zero-order valence-electron chi connectivity index (χ0n) is 16.3. The Hall–Kier alpha value is -1.41. The number of benzene rings is 1. The number of rotatable bonds is 3. The van der Waals surface area contributed by atoms with Crippen LogP contribution in [0.4, 0.5) is 0 Å². The molecule has 134 valence electrons. The van der Waals surface area contributed by atoms with Gasteiger partial charge in [0.25, 0.3) is 0 Å². The topological polar surface area (TPSA) is 20.3 Å². The Kier molecular flexibility index (Phi) is 3.95. The van der Waals surface area contributed by atoms with Gasteiger partial charge in [0.05, 0.1) is 0 Å². The lowest BCUT2D eigenvalue weighted by atomic mass is 9.54. The van der Waals surface area contributed by atoms with Gasteiger partial charge in [-0.05, 0) is 56.6 Å². The van der Waals surface area contributed by atoms with Crippen molar-refractivity contribution in [1.82, 2.24) is 4.90 Å². The molecule has 2 heteroatoms. The lowest BCUT2D eigenvalue weighted by Gasteiger charge is -2.54. The lowest BCUT2D eigenvalue weighted by molar-refractivity contribution is -0.124. The van der Waals surface area contributed by atoms with E-state index in [4.69, 9.17) is 0 Å². The van der Waals surface area contributed by atoms with Crippen molar-refractivity contribution in [3.05, 3.63) is 46.5 Å². The standard InChI is InChI=1S/C23H31NO/c1-6-20-16(4)18-11-22-23(20,21-10-8-7-9-14(21)2)15(3)12-24(22)13-19(18)17(5)25/h7-10,15,18-19,22H,6,11-13H2,1-5H3. The van der Waals surface area contributed by atoms with E-state index in [0.717, 1.165) is 25.9 Å². The molecule has 2 fully saturated rings. The SMILES string of the molecule is CCC1=C(C)C2CC3N(CC2C(C)=O)CC(C)C13c1ccccc1C. The molecule has 2 nitrogen and oxygen atoms in total. The fourth-order valence-electron chi connectivity index (χ4n) is 6.72. The molecule has 1 aromatic carbocycles. The van der Waals surface area contributed by atoms with E-state index in [1.54, 1.807) is 12.5 Å². The summed E-state index contributed by atoms with van der Waals surface area (Å²) >= 11 is 0. The molecule has 0 saturated carbocycles. The number of ketones is 1. The Morgan fingerprint density at radius 1 is 1.24 bits per heavy atom. The van der Waals surface area contributed by atoms with Crippen LogP contribution in [-0.2, 0) is 10.2 Å². The molecule has 25 heavy (non-hydrogen) atoms. The second kappa shape index (κ2) is 5.81. The van der Waals surface area contributed by atoms with Crippen LogP contribution in [0.1, 0.15) is 51.7 Å². The van der Waals surface area contributed by atoms with Crippen molar-refractivity contribution in [2.45, 2.75) is 58.9 Å². The summed E-state index contributed by atoms with van der Waals surface area (Å²) in [6.07, 6.45) is 2.24. The largest absolute Gasteiger partial charge is 0.300 e. The smallest absolute Gasteiger partial charge is 0.134 e. The highest BCUT2D eigenvalue weighted by molar-refractivity contribution is 5.80. The Bertz CT molecular complexity index is 748. The molecule has 2 heterocycles. The summed E-state index contributed by atoms with van der Waals surface area (Å²) in [7, 11) is 0. The number of nitrogens with zero attached hydrogens (tertiary/aromatic N) is 1. The first-order valence-electron chi connectivity index (χ1n) is 9.93. The first-order valence-corrected chi connectivity index (χ1v) is 9.93. The number of fused-ring (bicyclic) bond motifs is 1. The minimum Gasteiger partial charge on any atom is -0.300 e. The van der Waals surface area contributed by atoms with E-state index in [9.17, 15) is 4.79 Å². The molecule has 0 aromatic heterocycles. The van der Waals surface area contributed by atoms with Gasteiger partial charge in [-0.1, -0.05) is 49.3 Å². The number of carbonyl (C=O) groups excluding carboxylic acids is 1. The molecule has 0 N–H and O–H groups in total. The van der Waals surface area contributed by atoms with E-state index < -0.39 is 0 Å². The average Bonchev–Trinajstić information content (AvgIpc) is 2.89. The van der Waals surface area contributed by atoms with Gasteiger partial charge in [-0.25, -0.2) is 0 Å². The molecule has 0 amide bonds. The van der Waals surface area contributed by atoms with Gasteiger partial charge >= 0.3 is 0 Å². The van der Waals surface area contributed by atoms with Crippen LogP contribution in [0.3, 0.4) is 0 Å². The zero-order valence-corrected chi connectivity index (χ0v) is 16.3. The summed E-state index contributed by atoms with van der Waals surface area (Å²) < 4.78 is 0. The monoisotopic (exact) mass is 337 g/mol. The maximum absolute atomic E-state index is 12.4. The van der Waals surface area contributed by atoms with Crippen molar-refractivity contribution in [2.75, 3.05) is 13.1 Å². The molecule has 5 atom stereocenters. The summed E-state index contributed by atoms with van der Waals surface area (Å²) in [5, 5.41) is 0. The van der Waals surface area contributed by atoms with Crippen molar-refractivity contribution >= 4 is 5.78 Å². The van der Waals surface area contributed by atoms with Gasteiger partial charge in [0.2, 0.25) is 0 Å². The highest BCUT2D eigenvalue weighted by Crippen LogP contribution is 2.60. The molecule has 2 bridgehead atoms. The lowest BCUT2D eigenvalue weighted by Crippen LogP contribution is -2.57. The highest BCUT2D eigenvalue weighted by atomic mass is 16.1. The predicted molar refractivity (Wildman–Crippen MR) is 103 cm³/mol. The van der Waals surface area contributed by atoms with E-state index in [-0.39, 0.29) is 11.3 Å². The van der Waals surface area contributed by atoms with E-state index >= 15 is 0 Å². The van der Waals surface area contributed by atoms with Crippen LogP contribution in [0.2, 0.25) is 0 Å². The summed E-state index contributed by atoms with van der Waals surface area (Å²) in [6.45, 7) is 13.2. The molecule has 2 aliphatic heterocycles. The van der Waals surface area contributed by atoms with Gasteiger partial charge in [-0.3, -0.25) is 9.69 Å². The van der Waals surface area contributed by atoms with Crippen LogP contribution in [0.5, 0.6) is 0 Å². The van der Waals surface area contributed by atoms with Crippen molar-refractivity contribution in [3.63, 3.8) is 0 Å². The third-order valence-electron chi connectivity index (χ3n) is 7.64. The van der Waals surface area contributed by atoms with Gasteiger partial charge in [0, 0.05) is 30.5 Å². The number of hydrogen-bond donors (Lipinski definition) is 0. The zero-order chi connectivity index (χ0) is 17.9. The molecule has 2 saturated heterocycles. The van der Waals surface area contributed by atoms with Crippen molar-refractivity contribution in [2.24, 2.45) is 17.8 Å². The summed E-state index contributed by atoms with van der Waals surface area (Å²) in [6, 6.07) is 9.57. The van der Waals surface area contributed by atoms with Gasteiger partial charge in [-0.2, -0.15) is 0 Å². The average molecular weight is 338 g/mol. The Morgan fingerprint density at radius 2 is 1.96 bits per heavy atom. The Labute approximate surface area is 152 Å². The predicted octanol–water partition coefficient (Wildman–Crippen LogP) is 4.52. The molecule has 1 aromatic rings. The highest BCUT2D eigenvalue weighted by Gasteiger charge is 2.61. The number of aryl methyl sites for hydroxylation is 1. The second-order valence-electron chi connectivity index (χ2n) is 8.63. The van der Waals surface area contributed by atoms with E-state index in [1.807, 2.05) is 0 Å². The number of allylic oxidation sites excluding steroid dienone is 1. The molecule has 0 radical (unpaired) electrons. The number of piperidine rings is 1. The summed E-state index contributed by atoms with van der Waals surface area (Å²) in [5.74, 6) is 1.62. The third kappa shape index (κ3) is 2.10. The number of hydrogen-bond acceptors (Lipinski definition) is 2. The van der Waals surface area contributed by atoms with Gasteiger partial charge in [-0.15, -0.1) is 0 Å². The van der Waals surface area contributed by atoms with Crippen molar-refractivity contribution in [3.8, 4) is 0 Å². The van der Waals surface area contributed by atoms with Gasteiger partial charge < -0.3 is 0 Å². The van der Waals surface area contributed by atoms with E-state index in [1.165, 1.54) is 16.7 Å². The maximum atomic E-state index is 12.4. The molecule has 5 unspecified atom stereocenters. The quantitative estimate of drug-likeness (QED) is 0.756. The van der Waals surface area contributed by atoms with Crippen molar-refractivity contribution < 1.29 is 4.79 Å². The van der Waals surface area contributed by atoms with Gasteiger partial charge in [0.1, 0.15) is 5.78 Å². The molecule has 3 aliphatic rings. The minimum absolute atomic E-state index is 0.141. The first-order chi connectivity index (χ1) is 11.9. The molecular formula is C23H31NO. The first kappa shape index (κ1) is 17.0. The molecule has 1 aliphatic carbocycles. The maximum Gasteiger partial charge on any atom is 0.134 e. The summed E-state index contributed by atoms with van der Waals surface area (Å²) in [5.41, 5.74) is 6.25. The second-order valence-corrected chi connectivity index (χ2v) is 8.63. The van der Waals surface area contributed by atoms with Crippen LogP contribution in [-0.4, -0.2) is 29.8 Å². The summed E-state index contributed by atoms with van der Waals surface area (Å²) in [4.78, 5) is 15.0. The van der Waals surface area contributed by atoms with E-state index in [0.29, 0.717) is 23.7 Å². The van der Waals surface area contributed by atoms with E-state index in [2.05, 4.69) is 56.9 Å². The number of carbonyl (C=O) groups is 1. The fraction of sp³-hybridized carbons (Fsp3) is 0.609. The molecule has 0 spiro atoms. The molecular weight excluding hydrogens is 306 g/mol. The van der Waals surface area contributed by atoms with Crippen LogP contribution in [0.15, 0.2) is 35.4 Å². The van der Waals surface area contributed by atoms with Crippen LogP contribution in [0, 0.1) is 24.7 Å². The molecule has 4 rings (SSSR count). The Balaban J connectivity index is 1.99. The van der Waals surface area contributed by atoms with Crippen LogP contribution in [0.25, 0.3) is 0 Å². The van der Waals surface area contributed by atoms with Crippen LogP contribution < -0.4 is 0 Å². The Morgan fingerprint density at radius 3 is 2.60 bits per heavy atom. The van der Waals surface area contributed by atoms with Crippen LogP contribution >= 0.6 is 0 Å². The minimum atomic E-state index is 0.141.